The second-order valence-electron chi connectivity index (χ2n) is 7.69. The van der Waals surface area contributed by atoms with Crippen molar-refractivity contribution < 1.29 is 4.79 Å². The Labute approximate surface area is 148 Å². The zero-order valence-electron chi connectivity index (χ0n) is 14.7. The first-order valence-corrected chi connectivity index (χ1v) is 9.50. The van der Waals surface area contributed by atoms with Crippen molar-refractivity contribution in [1.82, 2.24) is 20.1 Å². The maximum Gasteiger partial charge on any atom is 0.254 e. The van der Waals surface area contributed by atoms with E-state index in [1.54, 1.807) is 29.5 Å². The van der Waals surface area contributed by atoms with Crippen molar-refractivity contribution in [2.45, 2.75) is 63.8 Å². The molecule has 0 saturated heterocycles. The van der Waals surface area contributed by atoms with Crippen molar-refractivity contribution in [1.29, 1.82) is 0 Å². The third-order valence-electron chi connectivity index (χ3n) is 6.05. The van der Waals surface area contributed by atoms with E-state index in [1.165, 1.54) is 44.9 Å². The maximum absolute atomic E-state index is 12.5. The summed E-state index contributed by atoms with van der Waals surface area (Å²) in [6.45, 7) is 0. The van der Waals surface area contributed by atoms with Gasteiger partial charge in [-0.1, -0.05) is 19.3 Å². The van der Waals surface area contributed by atoms with Crippen molar-refractivity contribution in [3.63, 3.8) is 0 Å². The van der Waals surface area contributed by atoms with Gasteiger partial charge in [0.2, 0.25) is 0 Å². The smallest absolute Gasteiger partial charge is 0.254 e. The molecule has 4 rings (SSSR count). The molecule has 1 amide bonds. The number of hydrogen-bond donors (Lipinski definition) is 1. The van der Waals surface area contributed by atoms with Gasteiger partial charge in [-0.05, 0) is 56.1 Å². The first-order valence-electron chi connectivity index (χ1n) is 9.50. The van der Waals surface area contributed by atoms with Gasteiger partial charge >= 0.3 is 0 Å². The van der Waals surface area contributed by atoms with Gasteiger partial charge in [0.1, 0.15) is 0 Å². The van der Waals surface area contributed by atoms with E-state index >= 15 is 0 Å². The van der Waals surface area contributed by atoms with Crippen LogP contribution in [0.5, 0.6) is 0 Å². The molecule has 2 fully saturated rings. The Morgan fingerprint density at radius 1 is 1.12 bits per heavy atom. The first-order chi connectivity index (χ1) is 12.2. The molecule has 0 radical (unpaired) electrons. The van der Waals surface area contributed by atoms with Gasteiger partial charge in [-0.2, -0.15) is 5.10 Å². The van der Waals surface area contributed by atoms with Crippen LogP contribution in [0, 0.1) is 5.41 Å². The molecular formula is C20H26N4O. The molecule has 5 nitrogen and oxygen atoms in total. The molecule has 0 unspecified atom stereocenters. The van der Waals surface area contributed by atoms with Crippen molar-refractivity contribution in [2.75, 3.05) is 0 Å². The van der Waals surface area contributed by atoms with E-state index in [0.717, 1.165) is 18.5 Å². The van der Waals surface area contributed by atoms with Crippen LogP contribution in [-0.2, 0) is 0 Å². The minimum atomic E-state index is -0.0141. The lowest BCUT2D eigenvalue weighted by molar-refractivity contribution is 0.0836. The molecule has 5 heteroatoms. The Morgan fingerprint density at radius 2 is 1.92 bits per heavy atom. The summed E-state index contributed by atoms with van der Waals surface area (Å²) in [6.07, 6.45) is 18.6. The highest BCUT2D eigenvalue weighted by molar-refractivity contribution is 5.94. The van der Waals surface area contributed by atoms with Gasteiger partial charge in [0.15, 0.2) is 0 Å². The van der Waals surface area contributed by atoms with Gasteiger partial charge in [-0.15, -0.1) is 0 Å². The van der Waals surface area contributed by atoms with Gasteiger partial charge in [0.05, 0.1) is 23.6 Å². The fourth-order valence-corrected chi connectivity index (χ4v) is 4.52. The second-order valence-corrected chi connectivity index (χ2v) is 7.69. The van der Waals surface area contributed by atoms with E-state index < -0.39 is 0 Å². The number of nitrogens with zero attached hydrogens (tertiary/aromatic N) is 3. The largest absolute Gasteiger partial charge is 0.349 e. The number of carbonyl (C=O) groups excluding carboxylic acids is 1. The molecule has 2 aliphatic carbocycles. The highest BCUT2D eigenvalue weighted by Gasteiger charge is 2.36. The van der Waals surface area contributed by atoms with Crippen LogP contribution in [0.25, 0.3) is 5.69 Å². The van der Waals surface area contributed by atoms with Crippen LogP contribution >= 0.6 is 0 Å². The van der Waals surface area contributed by atoms with Crippen molar-refractivity contribution in [2.24, 2.45) is 5.41 Å². The van der Waals surface area contributed by atoms with Gasteiger partial charge < -0.3 is 5.32 Å². The van der Waals surface area contributed by atoms with Crippen LogP contribution in [0.4, 0.5) is 0 Å². The van der Waals surface area contributed by atoms with Crippen LogP contribution in [0.2, 0.25) is 0 Å². The quantitative estimate of drug-likeness (QED) is 0.923. The normalized spacial score (nSPS) is 20.5. The molecule has 132 valence electrons. The number of nitrogens with one attached hydrogen (secondary N) is 1. The van der Waals surface area contributed by atoms with E-state index in [-0.39, 0.29) is 5.91 Å². The molecule has 2 aromatic rings. The van der Waals surface area contributed by atoms with E-state index in [2.05, 4.69) is 15.4 Å². The third kappa shape index (κ3) is 3.60. The molecule has 2 saturated carbocycles. The average molecular weight is 338 g/mol. The molecule has 2 heterocycles. The molecule has 0 bridgehead atoms. The van der Waals surface area contributed by atoms with Gasteiger partial charge in [-0.3, -0.25) is 9.78 Å². The predicted molar refractivity (Wildman–Crippen MR) is 96.6 cm³/mol. The van der Waals surface area contributed by atoms with E-state index in [9.17, 15) is 4.79 Å². The van der Waals surface area contributed by atoms with Gasteiger partial charge in [-0.25, -0.2) is 4.68 Å². The number of hydrogen-bond acceptors (Lipinski definition) is 3. The molecule has 0 atom stereocenters. The summed E-state index contributed by atoms with van der Waals surface area (Å²) in [5, 5.41) is 7.50. The van der Waals surface area contributed by atoms with Gasteiger partial charge in [0, 0.05) is 18.4 Å². The molecule has 0 aromatic carbocycles. The highest BCUT2D eigenvalue weighted by atomic mass is 16.1. The van der Waals surface area contributed by atoms with E-state index in [1.807, 2.05) is 12.1 Å². The third-order valence-corrected chi connectivity index (χ3v) is 6.05. The summed E-state index contributed by atoms with van der Waals surface area (Å²) in [5.74, 6) is -0.0141. The fraction of sp³-hybridized carbons (Fsp3) is 0.550. The molecule has 2 aromatic heterocycles. The summed E-state index contributed by atoms with van der Waals surface area (Å²) in [6, 6.07) is 4.09. The minimum absolute atomic E-state index is 0.0141. The van der Waals surface area contributed by atoms with Crippen molar-refractivity contribution >= 4 is 5.91 Å². The lowest BCUT2D eigenvalue weighted by atomic mass is 9.64. The summed E-state index contributed by atoms with van der Waals surface area (Å²) in [4.78, 5) is 16.6. The zero-order chi connectivity index (χ0) is 17.1. The summed E-state index contributed by atoms with van der Waals surface area (Å²) >= 11 is 0. The van der Waals surface area contributed by atoms with Crippen LogP contribution in [0.1, 0.15) is 68.1 Å². The summed E-state index contributed by atoms with van der Waals surface area (Å²) in [7, 11) is 0. The standard InChI is InChI=1S/C20H26N4O/c25-19(16-13-22-24(15-16)18-5-4-12-21-14-18)23-17-6-10-20(11-7-17)8-2-1-3-9-20/h4-5,12-15,17H,1-3,6-11H2,(H,23,25). The lowest BCUT2D eigenvalue weighted by Crippen LogP contribution is -2.41. The zero-order valence-corrected chi connectivity index (χ0v) is 14.7. The summed E-state index contributed by atoms with van der Waals surface area (Å²) < 4.78 is 1.69. The van der Waals surface area contributed by atoms with Crippen molar-refractivity contribution in [3.8, 4) is 5.69 Å². The van der Waals surface area contributed by atoms with Crippen molar-refractivity contribution in [3.05, 3.63) is 42.5 Å². The Bertz CT molecular complexity index is 708. The topological polar surface area (TPSA) is 59.8 Å². The van der Waals surface area contributed by atoms with Crippen LogP contribution < -0.4 is 5.32 Å². The SMILES string of the molecule is O=C(NC1CCC2(CCCCC2)CC1)c1cnn(-c2cccnc2)c1. The maximum atomic E-state index is 12.5. The second kappa shape index (κ2) is 6.98. The van der Waals surface area contributed by atoms with Crippen LogP contribution in [0.3, 0.4) is 0 Å². The summed E-state index contributed by atoms with van der Waals surface area (Å²) in [5.41, 5.74) is 2.06. The Hall–Kier alpha value is -2.17. The molecule has 1 N–H and O–H groups in total. The predicted octanol–water partition coefficient (Wildman–Crippen LogP) is 3.89. The lowest BCUT2D eigenvalue weighted by Gasteiger charge is -2.43. The number of pyridine rings is 1. The Kier molecular flexibility index (Phi) is 4.55. The number of carbonyl (C=O) groups is 1. The molecule has 2 aliphatic rings. The average Bonchev–Trinajstić information content (AvgIpc) is 3.16. The Morgan fingerprint density at radius 3 is 2.64 bits per heavy atom. The van der Waals surface area contributed by atoms with Crippen LogP contribution in [0.15, 0.2) is 36.9 Å². The van der Waals surface area contributed by atoms with E-state index in [0.29, 0.717) is 17.0 Å². The van der Waals surface area contributed by atoms with Gasteiger partial charge in [0.25, 0.3) is 5.91 Å². The number of rotatable bonds is 3. The fourth-order valence-electron chi connectivity index (χ4n) is 4.52. The monoisotopic (exact) mass is 338 g/mol. The number of aromatic nitrogens is 3. The molecule has 0 aliphatic heterocycles. The molecular weight excluding hydrogens is 312 g/mol. The minimum Gasteiger partial charge on any atom is -0.349 e. The first kappa shape index (κ1) is 16.3. The highest BCUT2D eigenvalue weighted by Crippen LogP contribution is 2.47. The molecule has 25 heavy (non-hydrogen) atoms. The Balaban J connectivity index is 1.34. The molecule has 1 spiro atoms. The number of amides is 1. The van der Waals surface area contributed by atoms with E-state index in [4.69, 9.17) is 0 Å². The van der Waals surface area contributed by atoms with Crippen LogP contribution in [-0.4, -0.2) is 26.7 Å².